The Labute approximate surface area is 179 Å². The molecule has 154 valence electrons. The number of benzene rings is 4. The second-order valence-electron chi connectivity index (χ2n) is 7.38. The summed E-state index contributed by atoms with van der Waals surface area (Å²) in [5.41, 5.74) is 3.66. The van der Waals surface area contributed by atoms with Gasteiger partial charge >= 0.3 is 5.97 Å². The molecule has 0 atom stereocenters. The first kappa shape index (κ1) is 20.4. The highest BCUT2D eigenvalue weighted by Gasteiger charge is 2.10. The van der Waals surface area contributed by atoms with Gasteiger partial charge in [0.05, 0.1) is 5.56 Å². The molecule has 0 fully saturated rings. The fraction of sp³-hybridized carbons (Fsp3) is 0.0741. The van der Waals surface area contributed by atoms with Crippen molar-refractivity contribution in [3.63, 3.8) is 0 Å². The smallest absolute Gasteiger partial charge is 0.336 e. The third-order valence-electron chi connectivity index (χ3n) is 5.29. The second kappa shape index (κ2) is 8.84. The molecule has 0 unspecified atom stereocenters. The minimum atomic E-state index is -0.987. The third-order valence-corrected chi connectivity index (χ3v) is 5.29. The topological polar surface area (TPSA) is 57.5 Å². The molecule has 4 rings (SSSR count). The molecule has 0 aliphatic heterocycles. The Bertz CT molecular complexity index is 1270. The first-order valence-electron chi connectivity index (χ1n) is 10.0. The molecule has 0 bridgehead atoms. The van der Waals surface area contributed by atoms with Crippen molar-refractivity contribution in [2.75, 3.05) is 0 Å². The highest BCUT2D eigenvalue weighted by atomic mass is 19.1. The van der Waals surface area contributed by atoms with Crippen molar-refractivity contribution in [2.45, 2.75) is 12.8 Å². The first-order chi connectivity index (χ1) is 15.0. The predicted molar refractivity (Wildman–Crippen MR) is 122 cm³/mol. The van der Waals surface area contributed by atoms with Gasteiger partial charge in [-0.15, -0.1) is 0 Å². The lowest BCUT2D eigenvalue weighted by atomic mass is 9.97. The van der Waals surface area contributed by atoms with Gasteiger partial charge in [0.1, 0.15) is 11.6 Å². The van der Waals surface area contributed by atoms with Gasteiger partial charge in [-0.3, -0.25) is 0 Å². The first-order valence-corrected chi connectivity index (χ1v) is 10.0. The van der Waals surface area contributed by atoms with Crippen LogP contribution in [0.4, 0.5) is 4.39 Å². The van der Waals surface area contributed by atoms with Crippen LogP contribution >= 0.6 is 0 Å². The number of fused-ring (bicyclic) bond motifs is 1. The van der Waals surface area contributed by atoms with Gasteiger partial charge in [0.2, 0.25) is 0 Å². The molecule has 0 aliphatic carbocycles. The average Bonchev–Trinajstić information content (AvgIpc) is 2.76. The number of carboxylic acid groups (broad SMARTS) is 1. The van der Waals surface area contributed by atoms with E-state index in [0.29, 0.717) is 5.56 Å². The molecule has 0 aromatic heterocycles. The lowest BCUT2D eigenvalue weighted by Crippen LogP contribution is -1.99. The van der Waals surface area contributed by atoms with E-state index in [1.165, 1.54) is 17.7 Å². The van der Waals surface area contributed by atoms with E-state index in [4.69, 9.17) is 0 Å². The van der Waals surface area contributed by atoms with E-state index in [2.05, 4.69) is 6.07 Å². The second-order valence-corrected chi connectivity index (χ2v) is 7.38. The number of hydrogen-bond acceptors (Lipinski definition) is 2. The van der Waals surface area contributed by atoms with Crippen LogP contribution in [0, 0.1) is 5.82 Å². The number of rotatable bonds is 6. The summed E-state index contributed by atoms with van der Waals surface area (Å²) >= 11 is 0. The third kappa shape index (κ3) is 4.64. The SMILES string of the molecule is O=C(O)c1ccc(-c2ccc(F)cc2)cc1C=CCCc1cccc2cc(O)ccc12. The summed E-state index contributed by atoms with van der Waals surface area (Å²) in [4.78, 5) is 11.6. The summed E-state index contributed by atoms with van der Waals surface area (Å²) in [6.45, 7) is 0. The van der Waals surface area contributed by atoms with E-state index in [1.807, 2.05) is 36.4 Å². The van der Waals surface area contributed by atoms with E-state index in [9.17, 15) is 19.4 Å². The van der Waals surface area contributed by atoms with Crippen molar-refractivity contribution in [3.05, 3.63) is 107 Å². The monoisotopic (exact) mass is 412 g/mol. The van der Waals surface area contributed by atoms with E-state index >= 15 is 0 Å². The summed E-state index contributed by atoms with van der Waals surface area (Å²) in [6.07, 6.45) is 5.32. The number of carboxylic acids is 1. The normalized spacial score (nSPS) is 11.3. The van der Waals surface area contributed by atoms with Crippen molar-refractivity contribution in [2.24, 2.45) is 0 Å². The maximum atomic E-state index is 13.2. The molecule has 0 amide bonds. The predicted octanol–water partition coefficient (Wildman–Crippen LogP) is 6.70. The number of phenolic OH excluding ortho intramolecular Hbond substituents is 1. The molecule has 0 saturated carbocycles. The van der Waals surface area contributed by atoms with Gasteiger partial charge < -0.3 is 10.2 Å². The molecule has 4 aromatic rings. The van der Waals surface area contributed by atoms with Crippen LogP contribution in [0.3, 0.4) is 0 Å². The van der Waals surface area contributed by atoms with Crippen molar-refractivity contribution in [1.82, 2.24) is 0 Å². The van der Waals surface area contributed by atoms with Crippen LogP contribution < -0.4 is 0 Å². The van der Waals surface area contributed by atoms with E-state index in [1.54, 1.807) is 36.4 Å². The molecular formula is C27H21FO3. The molecule has 0 saturated heterocycles. The van der Waals surface area contributed by atoms with Crippen molar-refractivity contribution < 1.29 is 19.4 Å². The average molecular weight is 412 g/mol. The standard InChI is InChI=1S/C27H21FO3/c28-23-11-8-18(9-12-23)20-10-14-26(27(30)31)21(16-20)5-2-1-4-19-6-3-7-22-17-24(29)13-15-25(19)22/h2-3,5-17,29H,1,4H2,(H,30,31). The Kier molecular flexibility index (Phi) is 5.80. The highest BCUT2D eigenvalue weighted by Crippen LogP contribution is 2.26. The van der Waals surface area contributed by atoms with Crippen LogP contribution in [-0.2, 0) is 6.42 Å². The minimum absolute atomic E-state index is 0.225. The largest absolute Gasteiger partial charge is 0.508 e. The minimum Gasteiger partial charge on any atom is -0.508 e. The lowest BCUT2D eigenvalue weighted by molar-refractivity contribution is 0.0696. The fourth-order valence-corrected chi connectivity index (χ4v) is 3.72. The van der Waals surface area contributed by atoms with Crippen LogP contribution in [0.5, 0.6) is 5.75 Å². The lowest BCUT2D eigenvalue weighted by Gasteiger charge is -2.07. The number of aryl methyl sites for hydroxylation is 1. The van der Waals surface area contributed by atoms with Crippen LogP contribution in [0.1, 0.15) is 27.9 Å². The molecule has 0 aliphatic rings. The summed E-state index contributed by atoms with van der Waals surface area (Å²) in [5, 5.41) is 21.3. The maximum Gasteiger partial charge on any atom is 0.336 e. The highest BCUT2D eigenvalue weighted by molar-refractivity contribution is 5.93. The Morgan fingerprint density at radius 1 is 0.903 bits per heavy atom. The zero-order chi connectivity index (χ0) is 21.8. The molecule has 4 heteroatoms. The zero-order valence-electron chi connectivity index (χ0n) is 16.8. The van der Waals surface area contributed by atoms with Crippen LogP contribution in [0.2, 0.25) is 0 Å². The molecule has 0 radical (unpaired) electrons. The Morgan fingerprint density at radius 3 is 2.45 bits per heavy atom. The van der Waals surface area contributed by atoms with Crippen molar-refractivity contribution >= 4 is 22.8 Å². The summed E-state index contributed by atoms with van der Waals surface area (Å²) in [6, 6.07) is 22.6. The number of hydrogen-bond donors (Lipinski definition) is 2. The van der Waals surface area contributed by atoms with Gasteiger partial charge in [-0.1, -0.05) is 54.6 Å². The van der Waals surface area contributed by atoms with Crippen molar-refractivity contribution in [1.29, 1.82) is 0 Å². The number of phenols is 1. The van der Waals surface area contributed by atoms with Gasteiger partial charge in [-0.05, 0) is 82.3 Å². The van der Waals surface area contributed by atoms with E-state index < -0.39 is 5.97 Å². The fourth-order valence-electron chi connectivity index (χ4n) is 3.72. The van der Waals surface area contributed by atoms with Gasteiger partial charge in [0.15, 0.2) is 0 Å². The Hall–Kier alpha value is -3.92. The number of halogens is 1. The van der Waals surface area contributed by atoms with Gasteiger partial charge in [-0.2, -0.15) is 0 Å². The Morgan fingerprint density at radius 2 is 1.68 bits per heavy atom. The molecule has 0 spiro atoms. The molecule has 2 N–H and O–H groups in total. The number of allylic oxidation sites excluding steroid dienone is 1. The van der Waals surface area contributed by atoms with Crippen molar-refractivity contribution in [3.8, 4) is 16.9 Å². The van der Waals surface area contributed by atoms with Crippen LogP contribution in [-0.4, -0.2) is 16.2 Å². The van der Waals surface area contributed by atoms with E-state index in [-0.39, 0.29) is 17.1 Å². The quantitative estimate of drug-likeness (QED) is 0.371. The summed E-state index contributed by atoms with van der Waals surface area (Å²) in [7, 11) is 0. The van der Waals surface area contributed by atoms with Crippen LogP contribution in [0.15, 0.2) is 84.9 Å². The number of aromatic carboxylic acids is 1. The number of aromatic hydroxyl groups is 1. The van der Waals surface area contributed by atoms with Gasteiger partial charge in [0.25, 0.3) is 0 Å². The molecule has 4 aromatic carbocycles. The maximum absolute atomic E-state index is 13.2. The molecular weight excluding hydrogens is 391 g/mol. The Balaban J connectivity index is 1.56. The molecule has 3 nitrogen and oxygen atoms in total. The molecule has 0 heterocycles. The number of carbonyl (C=O) groups is 1. The summed E-state index contributed by atoms with van der Waals surface area (Å²) < 4.78 is 13.2. The van der Waals surface area contributed by atoms with Gasteiger partial charge in [0, 0.05) is 0 Å². The van der Waals surface area contributed by atoms with Gasteiger partial charge in [-0.25, -0.2) is 9.18 Å². The molecule has 31 heavy (non-hydrogen) atoms. The van der Waals surface area contributed by atoms with Crippen LogP contribution in [0.25, 0.3) is 28.0 Å². The zero-order valence-corrected chi connectivity index (χ0v) is 16.8. The summed E-state index contributed by atoms with van der Waals surface area (Å²) in [5.74, 6) is -1.05. The van der Waals surface area contributed by atoms with E-state index in [0.717, 1.165) is 34.7 Å².